The van der Waals surface area contributed by atoms with Gasteiger partial charge in [0.25, 0.3) is 5.91 Å². The van der Waals surface area contributed by atoms with Crippen LogP contribution in [0.2, 0.25) is 0 Å². The van der Waals surface area contributed by atoms with Crippen LogP contribution >= 0.6 is 0 Å². The molecule has 1 amide bonds. The minimum Gasteiger partial charge on any atom is -0.491 e. The number of rotatable bonds is 8. The number of benzene rings is 2. The van der Waals surface area contributed by atoms with Gasteiger partial charge in [-0.15, -0.1) is 0 Å². The van der Waals surface area contributed by atoms with Crippen molar-refractivity contribution >= 4 is 5.91 Å². The lowest BCUT2D eigenvalue weighted by atomic mass is 9.97. The van der Waals surface area contributed by atoms with Crippen LogP contribution in [0.25, 0.3) is 0 Å². The largest absolute Gasteiger partial charge is 0.491 e. The number of piperidine rings is 1. The second kappa shape index (κ2) is 10.2. The summed E-state index contributed by atoms with van der Waals surface area (Å²) in [5.41, 5.74) is 1.65. The second-order valence-electron chi connectivity index (χ2n) is 7.18. The first-order valence-electron chi connectivity index (χ1n) is 9.73. The zero-order chi connectivity index (χ0) is 19.8. The molecule has 1 aliphatic heterocycles. The Hall–Kier alpha value is -2.44. The molecule has 1 saturated heterocycles. The van der Waals surface area contributed by atoms with Crippen molar-refractivity contribution in [3.63, 3.8) is 0 Å². The normalized spacial score (nSPS) is 17.3. The van der Waals surface area contributed by atoms with E-state index in [1.165, 1.54) is 29.8 Å². The van der Waals surface area contributed by atoms with Crippen LogP contribution in [0.1, 0.15) is 28.8 Å². The number of carbonyl (C=O) groups excluding carboxylic acids is 1. The Morgan fingerprint density at radius 2 is 2.07 bits per heavy atom. The molecular weight excluding hydrogens is 359 g/mol. The van der Waals surface area contributed by atoms with Gasteiger partial charge in [0.15, 0.2) is 0 Å². The third-order valence-corrected chi connectivity index (χ3v) is 4.93. The van der Waals surface area contributed by atoms with Gasteiger partial charge in [-0.2, -0.15) is 0 Å². The molecule has 2 aromatic carbocycles. The number of aliphatic hydroxyl groups is 1. The van der Waals surface area contributed by atoms with E-state index in [2.05, 4.69) is 16.3 Å². The van der Waals surface area contributed by atoms with Gasteiger partial charge in [-0.25, -0.2) is 4.39 Å². The monoisotopic (exact) mass is 386 g/mol. The molecule has 150 valence electrons. The van der Waals surface area contributed by atoms with Gasteiger partial charge in [0, 0.05) is 25.2 Å². The minimum atomic E-state index is -0.342. The van der Waals surface area contributed by atoms with Crippen LogP contribution in [0, 0.1) is 11.7 Å². The van der Waals surface area contributed by atoms with Crippen molar-refractivity contribution < 1.29 is 19.0 Å². The number of aliphatic hydroxyl groups excluding tert-OH is 1. The molecule has 0 bridgehead atoms. The van der Waals surface area contributed by atoms with Gasteiger partial charge in [-0.05, 0) is 67.3 Å². The number of amides is 1. The van der Waals surface area contributed by atoms with E-state index in [-0.39, 0.29) is 18.3 Å². The Balaban J connectivity index is 1.48. The molecule has 2 N–H and O–H groups in total. The predicted molar refractivity (Wildman–Crippen MR) is 106 cm³/mol. The molecule has 0 saturated carbocycles. The SMILES string of the molecule is O=C(NC[C@@H]1CCCN(Cc2cccc(OCCO)c2)C1)c1ccc(F)cc1. The first kappa shape index (κ1) is 20.3. The van der Waals surface area contributed by atoms with Crippen LogP contribution in [0.3, 0.4) is 0 Å². The van der Waals surface area contributed by atoms with Crippen LogP contribution < -0.4 is 10.1 Å². The van der Waals surface area contributed by atoms with E-state index in [0.717, 1.165) is 38.2 Å². The number of hydrogen-bond donors (Lipinski definition) is 2. The number of hydrogen-bond acceptors (Lipinski definition) is 4. The van der Waals surface area contributed by atoms with Crippen LogP contribution in [-0.2, 0) is 6.54 Å². The van der Waals surface area contributed by atoms with Gasteiger partial charge in [-0.3, -0.25) is 9.69 Å². The summed E-state index contributed by atoms with van der Waals surface area (Å²) in [4.78, 5) is 14.6. The average Bonchev–Trinajstić information content (AvgIpc) is 2.71. The second-order valence-corrected chi connectivity index (χ2v) is 7.18. The molecule has 6 heteroatoms. The number of nitrogens with zero attached hydrogens (tertiary/aromatic N) is 1. The lowest BCUT2D eigenvalue weighted by Crippen LogP contribution is -2.40. The third kappa shape index (κ3) is 6.04. The smallest absolute Gasteiger partial charge is 0.251 e. The van der Waals surface area contributed by atoms with E-state index in [9.17, 15) is 9.18 Å². The van der Waals surface area contributed by atoms with Gasteiger partial charge in [0.2, 0.25) is 0 Å². The average molecular weight is 386 g/mol. The highest BCUT2D eigenvalue weighted by molar-refractivity contribution is 5.94. The predicted octanol–water partition coefficient (Wildman–Crippen LogP) is 2.84. The summed E-state index contributed by atoms with van der Waals surface area (Å²) in [6, 6.07) is 13.6. The quantitative estimate of drug-likeness (QED) is 0.732. The standard InChI is InChI=1S/C22H27FN2O3/c23-20-8-6-19(7-9-20)22(27)24-14-18-4-2-10-25(16-18)15-17-3-1-5-21(13-17)28-12-11-26/h1,3,5-9,13,18,26H,2,4,10-12,14-16H2,(H,24,27)/t18-/m0/s1. The van der Waals surface area contributed by atoms with E-state index in [0.29, 0.717) is 24.6 Å². The lowest BCUT2D eigenvalue weighted by molar-refractivity contribution is 0.0930. The summed E-state index contributed by atoms with van der Waals surface area (Å²) in [6.07, 6.45) is 2.18. The highest BCUT2D eigenvalue weighted by Crippen LogP contribution is 2.20. The van der Waals surface area contributed by atoms with E-state index in [1.54, 1.807) is 0 Å². The molecule has 5 nitrogen and oxygen atoms in total. The molecule has 0 aromatic heterocycles. The number of likely N-dealkylation sites (tertiary alicyclic amines) is 1. The molecule has 2 aromatic rings. The summed E-state index contributed by atoms with van der Waals surface area (Å²) in [5.74, 6) is 0.662. The summed E-state index contributed by atoms with van der Waals surface area (Å²) >= 11 is 0. The number of carbonyl (C=O) groups is 1. The van der Waals surface area contributed by atoms with Crippen LogP contribution in [0.15, 0.2) is 48.5 Å². The first-order valence-corrected chi connectivity index (χ1v) is 9.73. The Kier molecular flexibility index (Phi) is 7.39. The van der Waals surface area contributed by atoms with Gasteiger partial charge >= 0.3 is 0 Å². The maximum atomic E-state index is 13.0. The molecule has 0 spiro atoms. The molecule has 0 unspecified atom stereocenters. The number of ether oxygens (including phenoxy) is 1. The van der Waals surface area contributed by atoms with Crippen molar-refractivity contribution in [2.24, 2.45) is 5.92 Å². The molecular formula is C22H27FN2O3. The van der Waals surface area contributed by atoms with Gasteiger partial charge < -0.3 is 15.2 Å². The summed E-state index contributed by atoms with van der Waals surface area (Å²) < 4.78 is 18.5. The topological polar surface area (TPSA) is 61.8 Å². The Morgan fingerprint density at radius 3 is 2.86 bits per heavy atom. The lowest BCUT2D eigenvalue weighted by Gasteiger charge is -2.33. The molecule has 0 radical (unpaired) electrons. The Bertz CT molecular complexity index is 767. The maximum absolute atomic E-state index is 13.0. The van der Waals surface area contributed by atoms with Gasteiger partial charge in [0.1, 0.15) is 18.2 Å². The van der Waals surface area contributed by atoms with Crippen molar-refractivity contribution in [3.8, 4) is 5.75 Å². The van der Waals surface area contributed by atoms with E-state index in [4.69, 9.17) is 9.84 Å². The van der Waals surface area contributed by atoms with Gasteiger partial charge in [-0.1, -0.05) is 12.1 Å². The summed E-state index contributed by atoms with van der Waals surface area (Å²) in [7, 11) is 0. The highest BCUT2D eigenvalue weighted by Gasteiger charge is 2.21. The van der Waals surface area contributed by atoms with Crippen molar-refractivity contribution in [2.75, 3.05) is 32.8 Å². The number of nitrogens with one attached hydrogen (secondary N) is 1. The maximum Gasteiger partial charge on any atom is 0.251 e. The summed E-state index contributed by atoms with van der Waals surface area (Å²) in [6.45, 7) is 3.70. The molecule has 3 rings (SSSR count). The van der Waals surface area contributed by atoms with Crippen LogP contribution in [-0.4, -0.2) is 48.8 Å². The fraction of sp³-hybridized carbons (Fsp3) is 0.409. The van der Waals surface area contributed by atoms with Crippen molar-refractivity contribution in [1.29, 1.82) is 0 Å². The number of halogens is 1. The van der Waals surface area contributed by atoms with E-state index < -0.39 is 0 Å². The molecule has 1 atom stereocenters. The zero-order valence-electron chi connectivity index (χ0n) is 15.9. The first-order chi connectivity index (χ1) is 13.6. The zero-order valence-corrected chi connectivity index (χ0v) is 15.9. The fourth-order valence-corrected chi connectivity index (χ4v) is 3.56. The fourth-order valence-electron chi connectivity index (χ4n) is 3.56. The minimum absolute atomic E-state index is 0.00166. The van der Waals surface area contributed by atoms with Gasteiger partial charge in [0.05, 0.1) is 6.61 Å². The Morgan fingerprint density at radius 1 is 1.25 bits per heavy atom. The van der Waals surface area contributed by atoms with Crippen molar-refractivity contribution in [2.45, 2.75) is 19.4 Å². The molecule has 1 heterocycles. The van der Waals surface area contributed by atoms with Crippen molar-refractivity contribution in [3.05, 3.63) is 65.5 Å². The van der Waals surface area contributed by atoms with Crippen LogP contribution in [0.4, 0.5) is 4.39 Å². The third-order valence-electron chi connectivity index (χ3n) is 4.93. The molecule has 1 fully saturated rings. The van der Waals surface area contributed by atoms with E-state index in [1.807, 2.05) is 18.2 Å². The molecule has 1 aliphatic rings. The van der Waals surface area contributed by atoms with Crippen LogP contribution in [0.5, 0.6) is 5.75 Å². The Labute approximate surface area is 165 Å². The highest BCUT2D eigenvalue weighted by atomic mass is 19.1. The van der Waals surface area contributed by atoms with Crippen molar-refractivity contribution in [1.82, 2.24) is 10.2 Å². The molecule has 28 heavy (non-hydrogen) atoms. The molecule has 0 aliphatic carbocycles. The van der Waals surface area contributed by atoms with E-state index >= 15 is 0 Å². The summed E-state index contributed by atoms with van der Waals surface area (Å²) in [5, 5.41) is 11.9.